The molecular formula is C24H25N3O2. The lowest BCUT2D eigenvalue weighted by Crippen LogP contribution is -2.49. The summed E-state index contributed by atoms with van der Waals surface area (Å²) < 4.78 is 6.02. The van der Waals surface area contributed by atoms with Gasteiger partial charge in [-0.3, -0.25) is 9.78 Å². The lowest BCUT2D eigenvalue weighted by Gasteiger charge is -2.36. The van der Waals surface area contributed by atoms with Crippen LogP contribution in [0.5, 0.6) is 5.75 Å². The summed E-state index contributed by atoms with van der Waals surface area (Å²) >= 11 is 0. The lowest BCUT2D eigenvalue weighted by atomic mass is 10.0. The van der Waals surface area contributed by atoms with Gasteiger partial charge in [0.05, 0.1) is 19.1 Å². The summed E-state index contributed by atoms with van der Waals surface area (Å²) in [5.41, 5.74) is 3.20. The van der Waals surface area contributed by atoms with E-state index in [1.54, 1.807) is 6.20 Å². The van der Waals surface area contributed by atoms with Crippen LogP contribution >= 0.6 is 0 Å². The maximum absolute atomic E-state index is 12.9. The predicted octanol–water partition coefficient (Wildman–Crippen LogP) is 3.69. The molecular weight excluding hydrogens is 362 g/mol. The van der Waals surface area contributed by atoms with E-state index in [0.29, 0.717) is 19.6 Å². The summed E-state index contributed by atoms with van der Waals surface area (Å²) in [7, 11) is 0. The van der Waals surface area contributed by atoms with Crippen LogP contribution in [-0.4, -0.2) is 42.0 Å². The topological polar surface area (TPSA) is 54.5 Å². The van der Waals surface area contributed by atoms with E-state index in [-0.39, 0.29) is 11.9 Å². The SMILES string of the molecule is O=C(CCOc1ccccc1-c1ccccc1)N1CCNCC1c1cccnc1. The summed E-state index contributed by atoms with van der Waals surface area (Å²) in [5, 5.41) is 3.37. The van der Waals surface area contributed by atoms with E-state index in [2.05, 4.69) is 22.4 Å². The Morgan fingerprint density at radius 2 is 1.90 bits per heavy atom. The van der Waals surface area contributed by atoms with Gasteiger partial charge in [-0.1, -0.05) is 54.6 Å². The van der Waals surface area contributed by atoms with Crippen LogP contribution in [0.25, 0.3) is 11.1 Å². The highest BCUT2D eigenvalue weighted by Crippen LogP contribution is 2.29. The molecule has 1 saturated heterocycles. The van der Waals surface area contributed by atoms with E-state index in [4.69, 9.17) is 4.74 Å². The fourth-order valence-electron chi connectivity index (χ4n) is 3.71. The van der Waals surface area contributed by atoms with Gasteiger partial charge in [-0.25, -0.2) is 0 Å². The molecule has 0 saturated carbocycles. The van der Waals surface area contributed by atoms with Gasteiger partial charge in [0.25, 0.3) is 0 Å². The molecule has 1 N–H and O–H groups in total. The molecule has 148 valence electrons. The number of aromatic nitrogens is 1. The van der Waals surface area contributed by atoms with Gasteiger partial charge in [-0.05, 0) is 23.3 Å². The number of ether oxygens (including phenoxy) is 1. The molecule has 1 aliphatic heterocycles. The highest BCUT2D eigenvalue weighted by molar-refractivity contribution is 5.77. The maximum Gasteiger partial charge on any atom is 0.226 e. The number of carbonyl (C=O) groups is 1. The normalized spacial score (nSPS) is 16.4. The van der Waals surface area contributed by atoms with E-state index in [1.807, 2.05) is 65.7 Å². The molecule has 1 amide bonds. The minimum absolute atomic E-state index is 0.0153. The Morgan fingerprint density at radius 1 is 1.07 bits per heavy atom. The second-order valence-corrected chi connectivity index (χ2v) is 7.05. The Morgan fingerprint density at radius 3 is 2.72 bits per heavy atom. The lowest BCUT2D eigenvalue weighted by molar-refractivity contribution is -0.135. The Hall–Kier alpha value is -3.18. The van der Waals surface area contributed by atoms with Crippen molar-refractivity contribution in [1.29, 1.82) is 0 Å². The van der Waals surface area contributed by atoms with Gasteiger partial charge in [0.2, 0.25) is 5.91 Å². The molecule has 29 heavy (non-hydrogen) atoms. The van der Waals surface area contributed by atoms with Crippen molar-refractivity contribution in [3.05, 3.63) is 84.7 Å². The van der Waals surface area contributed by atoms with E-state index < -0.39 is 0 Å². The van der Waals surface area contributed by atoms with Gasteiger partial charge in [-0.2, -0.15) is 0 Å². The Bertz CT molecular complexity index is 931. The second kappa shape index (κ2) is 9.34. The standard InChI is InChI=1S/C24H25N3O2/c28-24(27-15-14-26-18-22(27)20-9-6-13-25-17-20)12-16-29-23-11-5-4-10-21(23)19-7-2-1-3-8-19/h1-11,13,17,22,26H,12,14-16,18H2. The van der Waals surface area contributed by atoms with Crippen molar-refractivity contribution in [3.63, 3.8) is 0 Å². The summed E-state index contributed by atoms with van der Waals surface area (Å²) in [6.45, 7) is 2.60. The van der Waals surface area contributed by atoms with Crippen LogP contribution in [0.2, 0.25) is 0 Å². The average molecular weight is 387 g/mol. The van der Waals surface area contributed by atoms with Crippen LogP contribution in [0.15, 0.2) is 79.1 Å². The molecule has 0 radical (unpaired) electrons. The molecule has 1 unspecified atom stereocenters. The van der Waals surface area contributed by atoms with Crippen LogP contribution in [0, 0.1) is 0 Å². The van der Waals surface area contributed by atoms with Crippen LogP contribution < -0.4 is 10.1 Å². The molecule has 3 aromatic rings. The molecule has 1 aliphatic rings. The number of amides is 1. The number of piperazine rings is 1. The van der Waals surface area contributed by atoms with Crippen LogP contribution in [0.1, 0.15) is 18.0 Å². The van der Waals surface area contributed by atoms with Gasteiger partial charge < -0.3 is 15.0 Å². The number of nitrogens with zero attached hydrogens (tertiary/aromatic N) is 2. The largest absolute Gasteiger partial charge is 0.492 e. The fraction of sp³-hybridized carbons (Fsp3) is 0.250. The zero-order valence-corrected chi connectivity index (χ0v) is 16.3. The molecule has 1 fully saturated rings. The average Bonchev–Trinajstić information content (AvgIpc) is 2.80. The number of hydrogen-bond acceptors (Lipinski definition) is 4. The molecule has 4 rings (SSSR count). The van der Waals surface area contributed by atoms with Crippen molar-refractivity contribution < 1.29 is 9.53 Å². The third-order valence-corrected chi connectivity index (χ3v) is 5.18. The van der Waals surface area contributed by atoms with E-state index in [1.165, 1.54) is 0 Å². The first-order valence-corrected chi connectivity index (χ1v) is 10.0. The molecule has 0 bridgehead atoms. The van der Waals surface area contributed by atoms with Crippen molar-refractivity contribution in [1.82, 2.24) is 15.2 Å². The van der Waals surface area contributed by atoms with Gasteiger partial charge in [0, 0.05) is 37.6 Å². The Kier molecular flexibility index (Phi) is 6.17. The first-order valence-electron chi connectivity index (χ1n) is 10.0. The summed E-state index contributed by atoms with van der Waals surface area (Å²) in [6, 6.07) is 22.1. The Labute approximate surface area is 171 Å². The summed E-state index contributed by atoms with van der Waals surface area (Å²) in [4.78, 5) is 19.1. The number of carbonyl (C=O) groups excluding carboxylic acids is 1. The Balaban J connectivity index is 1.40. The number of rotatable bonds is 6. The zero-order valence-electron chi connectivity index (χ0n) is 16.3. The van der Waals surface area contributed by atoms with Crippen molar-refractivity contribution in [2.24, 2.45) is 0 Å². The van der Waals surface area contributed by atoms with Gasteiger partial charge in [-0.15, -0.1) is 0 Å². The van der Waals surface area contributed by atoms with Gasteiger partial charge >= 0.3 is 0 Å². The van der Waals surface area contributed by atoms with Gasteiger partial charge in [0.15, 0.2) is 0 Å². The zero-order chi connectivity index (χ0) is 19.9. The molecule has 1 atom stereocenters. The highest BCUT2D eigenvalue weighted by atomic mass is 16.5. The fourth-order valence-corrected chi connectivity index (χ4v) is 3.71. The summed E-state index contributed by atoms with van der Waals surface area (Å²) in [6.07, 6.45) is 3.94. The van der Waals surface area contributed by atoms with Crippen molar-refractivity contribution in [2.75, 3.05) is 26.2 Å². The number of pyridine rings is 1. The highest BCUT2D eigenvalue weighted by Gasteiger charge is 2.27. The minimum Gasteiger partial charge on any atom is -0.492 e. The number of nitrogens with one attached hydrogen (secondary N) is 1. The van der Waals surface area contributed by atoms with E-state index >= 15 is 0 Å². The number of hydrogen-bond donors (Lipinski definition) is 1. The van der Waals surface area contributed by atoms with Crippen molar-refractivity contribution in [2.45, 2.75) is 12.5 Å². The van der Waals surface area contributed by atoms with Crippen LogP contribution in [-0.2, 0) is 4.79 Å². The molecule has 0 spiro atoms. The number of para-hydroxylation sites is 1. The third kappa shape index (κ3) is 4.63. The quantitative estimate of drug-likeness (QED) is 0.701. The third-order valence-electron chi connectivity index (χ3n) is 5.18. The summed E-state index contributed by atoms with van der Waals surface area (Å²) in [5.74, 6) is 0.910. The predicted molar refractivity (Wildman–Crippen MR) is 114 cm³/mol. The van der Waals surface area contributed by atoms with Gasteiger partial charge in [0.1, 0.15) is 5.75 Å². The van der Waals surface area contributed by atoms with Crippen molar-refractivity contribution in [3.8, 4) is 16.9 Å². The molecule has 2 heterocycles. The molecule has 5 heteroatoms. The maximum atomic E-state index is 12.9. The number of benzene rings is 2. The monoisotopic (exact) mass is 387 g/mol. The minimum atomic E-state index is 0.0153. The first kappa shape index (κ1) is 19.2. The van der Waals surface area contributed by atoms with Crippen molar-refractivity contribution >= 4 is 5.91 Å². The molecule has 0 aliphatic carbocycles. The van der Waals surface area contributed by atoms with E-state index in [0.717, 1.165) is 35.5 Å². The molecule has 1 aromatic heterocycles. The van der Waals surface area contributed by atoms with Crippen LogP contribution in [0.4, 0.5) is 0 Å². The second-order valence-electron chi connectivity index (χ2n) is 7.05. The van der Waals surface area contributed by atoms with E-state index in [9.17, 15) is 4.79 Å². The molecule has 5 nitrogen and oxygen atoms in total. The van der Waals surface area contributed by atoms with Crippen LogP contribution in [0.3, 0.4) is 0 Å². The molecule has 2 aromatic carbocycles. The smallest absolute Gasteiger partial charge is 0.226 e. The first-order chi connectivity index (χ1) is 14.3.